The van der Waals surface area contributed by atoms with Gasteiger partial charge in [0.15, 0.2) is 0 Å². The van der Waals surface area contributed by atoms with Crippen LogP contribution in [0.1, 0.15) is 36.8 Å². The van der Waals surface area contributed by atoms with Gasteiger partial charge in [-0.3, -0.25) is 0 Å². The second-order valence-electron chi connectivity index (χ2n) is 5.61. The van der Waals surface area contributed by atoms with E-state index in [0.717, 1.165) is 25.0 Å². The van der Waals surface area contributed by atoms with Crippen molar-refractivity contribution in [3.63, 3.8) is 0 Å². The minimum absolute atomic E-state index is 0. The Kier molecular flexibility index (Phi) is 6.27. The summed E-state index contributed by atoms with van der Waals surface area (Å²) in [7, 11) is -4.06. The Morgan fingerprint density at radius 2 is 1.88 bits per heavy atom. The van der Waals surface area contributed by atoms with Crippen LogP contribution < -0.4 is 10.5 Å². The van der Waals surface area contributed by atoms with Crippen molar-refractivity contribution in [3.05, 3.63) is 29.3 Å². The first-order chi connectivity index (χ1) is 10.6. The summed E-state index contributed by atoms with van der Waals surface area (Å²) in [4.78, 5) is -0.373. The number of nitrogens with two attached hydrogens (primary N) is 1. The fourth-order valence-electron chi connectivity index (χ4n) is 2.77. The summed E-state index contributed by atoms with van der Waals surface area (Å²) >= 11 is 0. The minimum Gasteiger partial charge on any atom is -0.329 e. The Morgan fingerprint density at radius 1 is 1.29 bits per heavy atom. The molecule has 0 unspecified atom stereocenters. The maximum Gasteiger partial charge on any atom is 0.417 e. The molecule has 0 aliphatic heterocycles. The topological polar surface area (TPSA) is 96.0 Å². The largest absolute Gasteiger partial charge is 0.417 e. The van der Waals surface area contributed by atoms with Gasteiger partial charge in [-0.25, -0.2) is 13.1 Å². The van der Waals surface area contributed by atoms with Crippen LogP contribution in [0.3, 0.4) is 0 Å². The molecule has 1 fully saturated rings. The average Bonchev–Trinajstić information content (AvgIpc) is 2.94. The zero-order valence-electron chi connectivity index (χ0n) is 12.6. The standard InChI is InChI=1S/C14H16F3N3O2S.ClH/c15-14(16,17)12-4-3-11(7-10(12)8-18)23(21,22)20-13(9-19)5-1-2-6-13;/h3-4,7,20H,1-2,5-6,9,19H2;1H. The third-order valence-corrected chi connectivity index (χ3v) is 5.61. The van der Waals surface area contributed by atoms with E-state index in [-0.39, 0.29) is 23.8 Å². The number of nitrogens with zero attached hydrogens (tertiary/aromatic N) is 1. The van der Waals surface area contributed by atoms with E-state index in [4.69, 9.17) is 11.0 Å². The van der Waals surface area contributed by atoms with E-state index in [0.29, 0.717) is 18.9 Å². The van der Waals surface area contributed by atoms with Gasteiger partial charge in [-0.05, 0) is 31.0 Å². The molecule has 1 saturated carbocycles. The van der Waals surface area contributed by atoms with Gasteiger partial charge >= 0.3 is 6.18 Å². The van der Waals surface area contributed by atoms with Gasteiger partial charge in [0.25, 0.3) is 0 Å². The summed E-state index contributed by atoms with van der Waals surface area (Å²) in [5.41, 5.74) is 3.01. The molecule has 0 atom stereocenters. The smallest absolute Gasteiger partial charge is 0.329 e. The van der Waals surface area contributed by atoms with Crippen molar-refractivity contribution in [1.29, 1.82) is 5.26 Å². The number of hydrogen-bond donors (Lipinski definition) is 2. The first kappa shape index (κ1) is 20.7. The predicted octanol–water partition coefficient (Wildman–Crippen LogP) is 2.55. The van der Waals surface area contributed by atoms with Gasteiger partial charge in [0.1, 0.15) is 0 Å². The van der Waals surface area contributed by atoms with Crippen LogP contribution in [0.15, 0.2) is 23.1 Å². The quantitative estimate of drug-likeness (QED) is 0.835. The summed E-state index contributed by atoms with van der Waals surface area (Å²) in [5.74, 6) is 0. The third kappa shape index (κ3) is 4.19. The van der Waals surface area contributed by atoms with Crippen molar-refractivity contribution >= 4 is 22.4 Å². The molecule has 3 N–H and O–H groups in total. The molecule has 0 radical (unpaired) electrons. The van der Waals surface area contributed by atoms with Crippen LogP contribution in [0.5, 0.6) is 0 Å². The van der Waals surface area contributed by atoms with E-state index >= 15 is 0 Å². The lowest BCUT2D eigenvalue weighted by atomic mass is 10.0. The van der Waals surface area contributed by atoms with Gasteiger partial charge < -0.3 is 5.73 Å². The first-order valence-electron chi connectivity index (χ1n) is 6.99. The van der Waals surface area contributed by atoms with Crippen LogP contribution in [0.4, 0.5) is 13.2 Å². The summed E-state index contributed by atoms with van der Waals surface area (Å²) in [6, 6.07) is 3.60. The zero-order valence-corrected chi connectivity index (χ0v) is 14.2. The molecular formula is C14H17ClF3N3O2S. The molecule has 2 rings (SSSR count). The Labute approximate surface area is 144 Å². The number of hydrogen-bond acceptors (Lipinski definition) is 4. The molecule has 0 bridgehead atoms. The monoisotopic (exact) mass is 383 g/mol. The number of halogens is 4. The highest BCUT2D eigenvalue weighted by molar-refractivity contribution is 7.89. The lowest BCUT2D eigenvalue weighted by molar-refractivity contribution is -0.137. The molecule has 1 aliphatic rings. The fraction of sp³-hybridized carbons (Fsp3) is 0.500. The summed E-state index contributed by atoms with van der Waals surface area (Å²) in [6.07, 6.45) is -1.90. The van der Waals surface area contributed by atoms with Crippen LogP contribution in [-0.2, 0) is 16.2 Å². The molecule has 24 heavy (non-hydrogen) atoms. The molecule has 1 aliphatic carbocycles. The fourth-order valence-corrected chi connectivity index (χ4v) is 4.27. The van der Waals surface area contributed by atoms with E-state index < -0.39 is 32.9 Å². The highest BCUT2D eigenvalue weighted by Crippen LogP contribution is 2.34. The van der Waals surface area contributed by atoms with Gasteiger partial charge in [0.2, 0.25) is 10.0 Å². The maximum atomic E-state index is 12.8. The molecule has 1 aromatic rings. The van der Waals surface area contributed by atoms with E-state index in [1.807, 2.05) is 0 Å². The lowest BCUT2D eigenvalue weighted by Crippen LogP contribution is -2.51. The molecule has 10 heteroatoms. The molecule has 0 saturated heterocycles. The van der Waals surface area contributed by atoms with Crippen LogP contribution in [-0.4, -0.2) is 20.5 Å². The van der Waals surface area contributed by atoms with Crippen molar-refractivity contribution in [2.45, 2.75) is 42.3 Å². The van der Waals surface area contributed by atoms with Gasteiger partial charge in [-0.2, -0.15) is 18.4 Å². The van der Waals surface area contributed by atoms with E-state index in [1.54, 1.807) is 0 Å². The van der Waals surface area contributed by atoms with E-state index in [9.17, 15) is 21.6 Å². The molecule has 0 aromatic heterocycles. The average molecular weight is 384 g/mol. The first-order valence-corrected chi connectivity index (χ1v) is 8.47. The molecule has 0 amide bonds. The highest BCUT2D eigenvalue weighted by atomic mass is 35.5. The predicted molar refractivity (Wildman–Crippen MR) is 84.0 cm³/mol. The molecule has 0 spiro atoms. The molecule has 0 heterocycles. The molecular weight excluding hydrogens is 367 g/mol. The van der Waals surface area contributed by atoms with Crippen molar-refractivity contribution in [3.8, 4) is 6.07 Å². The maximum absolute atomic E-state index is 12.8. The summed E-state index contributed by atoms with van der Waals surface area (Å²) in [5, 5.41) is 8.87. The van der Waals surface area contributed by atoms with E-state index in [2.05, 4.69) is 4.72 Å². The second-order valence-corrected chi connectivity index (χ2v) is 7.30. The zero-order chi connectivity index (χ0) is 17.3. The Bertz CT molecular complexity index is 739. The number of nitrogens with one attached hydrogen (secondary N) is 1. The van der Waals surface area contributed by atoms with Crippen LogP contribution >= 0.6 is 12.4 Å². The molecule has 1 aromatic carbocycles. The van der Waals surface area contributed by atoms with E-state index in [1.165, 1.54) is 6.07 Å². The Hall–Kier alpha value is -1.34. The van der Waals surface area contributed by atoms with Gasteiger partial charge in [0.05, 0.1) is 22.1 Å². The number of benzene rings is 1. The van der Waals surface area contributed by atoms with Crippen molar-refractivity contribution in [1.82, 2.24) is 4.72 Å². The number of alkyl halides is 3. The van der Waals surface area contributed by atoms with Crippen LogP contribution in [0.2, 0.25) is 0 Å². The number of nitriles is 1. The number of rotatable bonds is 4. The SMILES string of the molecule is Cl.N#Cc1cc(S(=O)(=O)NC2(CN)CCCC2)ccc1C(F)(F)F. The van der Waals surface area contributed by atoms with Gasteiger partial charge in [0, 0.05) is 12.1 Å². The molecule has 134 valence electrons. The Balaban J connectivity index is 0.00000288. The van der Waals surface area contributed by atoms with Crippen molar-refractivity contribution in [2.24, 2.45) is 5.73 Å². The lowest BCUT2D eigenvalue weighted by Gasteiger charge is -2.28. The molecule has 5 nitrogen and oxygen atoms in total. The van der Waals surface area contributed by atoms with Crippen LogP contribution in [0.25, 0.3) is 0 Å². The highest BCUT2D eigenvalue weighted by Gasteiger charge is 2.38. The van der Waals surface area contributed by atoms with Crippen molar-refractivity contribution < 1.29 is 21.6 Å². The summed E-state index contributed by atoms with van der Waals surface area (Å²) in [6.45, 7) is 0.109. The van der Waals surface area contributed by atoms with Crippen molar-refractivity contribution in [2.75, 3.05) is 6.54 Å². The minimum atomic E-state index is -4.72. The third-order valence-electron chi connectivity index (χ3n) is 4.03. The number of sulfonamides is 1. The second kappa shape index (κ2) is 7.27. The normalized spacial score (nSPS) is 17.1. The van der Waals surface area contributed by atoms with Crippen LogP contribution in [0, 0.1) is 11.3 Å². The van der Waals surface area contributed by atoms with Gasteiger partial charge in [-0.1, -0.05) is 12.8 Å². The summed E-state index contributed by atoms with van der Waals surface area (Å²) < 4.78 is 65.7. The Morgan fingerprint density at radius 3 is 2.33 bits per heavy atom. The van der Waals surface area contributed by atoms with Gasteiger partial charge in [-0.15, -0.1) is 12.4 Å².